The van der Waals surface area contributed by atoms with Crippen molar-refractivity contribution in [3.05, 3.63) is 50.7 Å². The summed E-state index contributed by atoms with van der Waals surface area (Å²) in [6.45, 7) is 1.99. The predicted octanol–water partition coefficient (Wildman–Crippen LogP) is 3.51. The van der Waals surface area contributed by atoms with E-state index >= 15 is 0 Å². The van der Waals surface area contributed by atoms with Crippen LogP contribution in [0.1, 0.15) is 40.1 Å². The zero-order chi connectivity index (χ0) is 23.1. The van der Waals surface area contributed by atoms with E-state index in [2.05, 4.69) is 33.4 Å². The first kappa shape index (κ1) is 24.2. The van der Waals surface area contributed by atoms with Crippen LogP contribution >= 0.6 is 22.9 Å². The molecule has 2 heterocycles. The van der Waals surface area contributed by atoms with Crippen LogP contribution in [-0.4, -0.2) is 56.0 Å². The van der Waals surface area contributed by atoms with Crippen molar-refractivity contribution >= 4 is 46.4 Å². The molecule has 0 aliphatic carbocycles. The molecule has 1 aliphatic heterocycles. The third kappa shape index (κ3) is 6.79. The highest BCUT2D eigenvalue weighted by molar-refractivity contribution is 7.18. The van der Waals surface area contributed by atoms with Gasteiger partial charge in [-0.3, -0.25) is 14.4 Å². The van der Waals surface area contributed by atoms with Crippen LogP contribution in [0, 0.1) is 0 Å². The number of rotatable bonds is 8. The van der Waals surface area contributed by atoms with Crippen LogP contribution in [0.3, 0.4) is 0 Å². The summed E-state index contributed by atoms with van der Waals surface area (Å²) >= 11 is 7.08. The SMILES string of the molecule is COC(=O)CCC[C@@H](NC(=O)c1ccc(Cl)s1)C(=O)Nc1ccc2c(c1)CCN(C)CC2. The summed E-state index contributed by atoms with van der Waals surface area (Å²) in [5.74, 6) is -1.04. The maximum absolute atomic E-state index is 13.0. The summed E-state index contributed by atoms with van der Waals surface area (Å²) in [6.07, 6.45) is 2.80. The molecule has 2 N–H and O–H groups in total. The molecule has 1 aromatic heterocycles. The number of likely N-dealkylation sites (N-methyl/N-ethyl adjacent to an activating group) is 1. The first-order valence-corrected chi connectivity index (χ1v) is 11.8. The summed E-state index contributed by atoms with van der Waals surface area (Å²) in [5.41, 5.74) is 3.22. The van der Waals surface area contributed by atoms with E-state index in [1.807, 2.05) is 12.1 Å². The second-order valence-electron chi connectivity index (χ2n) is 7.87. The van der Waals surface area contributed by atoms with E-state index in [0.717, 1.165) is 37.3 Å². The highest BCUT2D eigenvalue weighted by atomic mass is 35.5. The standard InChI is InChI=1S/C23H28ClN3O4S/c1-27-12-10-15-6-7-17(14-16(15)11-13-27)25-22(29)18(4-3-5-21(28)31-2)26-23(30)19-8-9-20(24)32-19/h6-9,14,18H,3-5,10-13H2,1-2H3,(H,25,29)(H,26,30)/t18-/m1/s1. The first-order valence-electron chi connectivity index (χ1n) is 10.6. The Bertz CT molecular complexity index is 978. The Kier molecular flexibility index (Phi) is 8.67. The fourth-order valence-corrected chi connectivity index (χ4v) is 4.58. The van der Waals surface area contributed by atoms with Crippen LogP contribution < -0.4 is 10.6 Å². The third-order valence-corrected chi connectivity index (χ3v) is 6.75. The van der Waals surface area contributed by atoms with Crippen LogP contribution in [0.4, 0.5) is 5.69 Å². The van der Waals surface area contributed by atoms with Crippen molar-refractivity contribution in [1.29, 1.82) is 0 Å². The summed E-state index contributed by atoms with van der Waals surface area (Å²) < 4.78 is 5.17. The van der Waals surface area contributed by atoms with Gasteiger partial charge in [-0.2, -0.15) is 0 Å². The van der Waals surface area contributed by atoms with Gasteiger partial charge in [-0.25, -0.2) is 0 Å². The summed E-state index contributed by atoms with van der Waals surface area (Å²) in [7, 11) is 3.43. The van der Waals surface area contributed by atoms with E-state index in [1.54, 1.807) is 12.1 Å². The molecule has 172 valence electrons. The Labute approximate surface area is 197 Å². The van der Waals surface area contributed by atoms with Crippen LogP contribution in [0.5, 0.6) is 0 Å². The minimum Gasteiger partial charge on any atom is -0.469 e. The van der Waals surface area contributed by atoms with E-state index in [1.165, 1.54) is 18.2 Å². The number of nitrogens with one attached hydrogen (secondary N) is 2. The molecule has 0 fully saturated rings. The highest BCUT2D eigenvalue weighted by Crippen LogP contribution is 2.22. The van der Waals surface area contributed by atoms with Gasteiger partial charge >= 0.3 is 5.97 Å². The van der Waals surface area contributed by atoms with Crippen molar-refractivity contribution in [3.8, 4) is 0 Å². The lowest BCUT2D eigenvalue weighted by Gasteiger charge is -2.19. The molecular formula is C23H28ClN3O4S. The number of thiophene rings is 1. The van der Waals surface area contributed by atoms with Crippen LogP contribution in [0.2, 0.25) is 4.34 Å². The lowest BCUT2D eigenvalue weighted by atomic mass is 10.0. The van der Waals surface area contributed by atoms with Crippen molar-refractivity contribution in [2.24, 2.45) is 0 Å². The number of carbonyl (C=O) groups excluding carboxylic acids is 3. The van der Waals surface area contributed by atoms with Gasteiger partial charge in [-0.15, -0.1) is 11.3 Å². The molecule has 32 heavy (non-hydrogen) atoms. The van der Waals surface area contributed by atoms with Crippen molar-refractivity contribution in [2.75, 3.05) is 32.6 Å². The molecule has 7 nitrogen and oxygen atoms in total. The maximum Gasteiger partial charge on any atom is 0.305 e. The Morgan fingerprint density at radius 1 is 1.16 bits per heavy atom. The van der Waals surface area contributed by atoms with Gasteiger partial charge < -0.3 is 20.3 Å². The Balaban J connectivity index is 1.69. The Morgan fingerprint density at radius 2 is 1.91 bits per heavy atom. The molecule has 2 aromatic rings. The smallest absolute Gasteiger partial charge is 0.305 e. The second kappa shape index (κ2) is 11.4. The Morgan fingerprint density at radius 3 is 2.59 bits per heavy atom. The minimum absolute atomic E-state index is 0.174. The van der Waals surface area contributed by atoms with Gasteiger partial charge in [0.1, 0.15) is 6.04 Å². The van der Waals surface area contributed by atoms with Crippen LogP contribution in [0.25, 0.3) is 0 Å². The van der Waals surface area contributed by atoms with E-state index in [4.69, 9.17) is 11.6 Å². The number of carbonyl (C=O) groups is 3. The van der Waals surface area contributed by atoms with E-state index in [0.29, 0.717) is 27.7 Å². The normalized spacial score (nSPS) is 14.7. The second-order valence-corrected chi connectivity index (χ2v) is 9.59. The molecule has 0 bridgehead atoms. The van der Waals surface area contributed by atoms with Gasteiger partial charge in [-0.05, 0) is 68.1 Å². The summed E-state index contributed by atoms with van der Waals surface area (Å²) in [4.78, 5) is 39.8. The molecular weight excluding hydrogens is 450 g/mol. The number of hydrogen-bond acceptors (Lipinski definition) is 6. The fraction of sp³-hybridized carbons (Fsp3) is 0.435. The largest absolute Gasteiger partial charge is 0.469 e. The molecule has 0 unspecified atom stereocenters. The summed E-state index contributed by atoms with van der Waals surface area (Å²) in [6, 6.07) is 8.43. The van der Waals surface area contributed by atoms with Gasteiger partial charge in [0, 0.05) is 25.2 Å². The zero-order valence-electron chi connectivity index (χ0n) is 18.3. The van der Waals surface area contributed by atoms with Crippen molar-refractivity contribution in [3.63, 3.8) is 0 Å². The van der Waals surface area contributed by atoms with E-state index in [-0.39, 0.29) is 24.2 Å². The maximum atomic E-state index is 13.0. The van der Waals surface area contributed by atoms with Gasteiger partial charge in [0.25, 0.3) is 5.91 Å². The Hall–Kier alpha value is -2.42. The van der Waals surface area contributed by atoms with Crippen molar-refractivity contribution in [2.45, 2.75) is 38.1 Å². The molecule has 3 rings (SSSR count). The van der Waals surface area contributed by atoms with Gasteiger partial charge in [0.05, 0.1) is 16.3 Å². The van der Waals surface area contributed by atoms with Crippen molar-refractivity contribution < 1.29 is 19.1 Å². The molecule has 2 amide bonds. The number of esters is 1. The number of halogens is 1. The lowest BCUT2D eigenvalue weighted by molar-refractivity contribution is -0.140. The third-order valence-electron chi connectivity index (χ3n) is 5.52. The number of benzene rings is 1. The van der Waals surface area contributed by atoms with Gasteiger partial charge in [0.2, 0.25) is 5.91 Å². The molecule has 1 aromatic carbocycles. The molecule has 1 aliphatic rings. The molecule has 1 atom stereocenters. The molecule has 0 saturated heterocycles. The van der Waals surface area contributed by atoms with Crippen molar-refractivity contribution in [1.82, 2.24) is 10.2 Å². The highest BCUT2D eigenvalue weighted by Gasteiger charge is 2.23. The average molecular weight is 478 g/mol. The van der Waals surface area contributed by atoms with E-state index in [9.17, 15) is 14.4 Å². The fourth-order valence-electron chi connectivity index (χ4n) is 3.63. The van der Waals surface area contributed by atoms with Crippen LogP contribution in [0.15, 0.2) is 30.3 Å². The van der Waals surface area contributed by atoms with E-state index < -0.39 is 6.04 Å². The predicted molar refractivity (Wildman–Crippen MR) is 126 cm³/mol. The molecule has 0 radical (unpaired) electrons. The number of hydrogen-bond donors (Lipinski definition) is 2. The number of amides is 2. The minimum atomic E-state index is -0.794. The number of methoxy groups -OCH3 is 1. The monoisotopic (exact) mass is 477 g/mol. The van der Waals surface area contributed by atoms with Crippen LogP contribution in [-0.2, 0) is 27.2 Å². The molecule has 0 spiro atoms. The molecule has 9 heteroatoms. The number of nitrogens with zero attached hydrogens (tertiary/aromatic N) is 1. The average Bonchev–Trinajstić information content (AvgIpc) is 3.13. The zero-order valence-corrected chi connectivity index (χ0v) is 19.9. The lowest BCUT2D eigenvalue weighted by Crippen LogP contribution is -2.43. The number of ether oxygens (including phenoxy) is 1. The number of anilines is 1. The molecule has 0 saturated carbocycles. The van der Waals surface area contributed by atoms with Gasteiger partial charge in [-0.1, -0.05) is 17.7 Å². The van der Waals surface area contributed by atoms with Gasteiger partial charge in [0.15, 0.2) is 0 Å². The number of fused-ring (bicyclic) bond motifs is 1. The topological polar surface area (TPSA) is 87.7 Å². The summed E-state index contributed by atoms with van der Waals surface area (Å²) in [5, 5.41) is 5.71. The first-order chi connectivity index (χ1) is 15.4. The quantitative estimate of drug-likeness (QED) is 0.568.